The van der Waals surface area contributed by atoms with Crippen molar-refractivity contribution >= 4 is 12.4 Å². The van der Waals surface area contributed by atoms with Gasteiger partial charge in [0.15, 0.2) is 6.29 Å². The van der Waals surface area contributed by atoms with Crippen molar-refractivity contribution in [2.45, 2.75) is 38.8 Å². The number of rotatable bonds is 7. The number of nitrogens with zero attached hydrogens (tertiary/aromatic N) is 1. The number of aliphatic hydroxyl groups is 1. The first-order valence-electron chi connectivity index (χ1n) is 8.58. The standard InChI is InChI=1S/C20H24N2O5/c1-20(2,3)27-19(25)22-16(13-24)11-14-7-4-5-9-17(14)26-18-15(12-23)8-6-10-21-18/h4-10,12,16,24H,11,13H2,1-3H3,(H,22,25)/t16-/m0/s1. The van der Waals surface area contributed by atoms with Gasteiger partial charge in [0.1, 0.15) is 11.4 Å². The molecular formula is C20H24N2O5. The Hall–Kier alpha value is -2.93. The molecule has 0 radical (unpaired) electrons. The summed E-state index contributed by atoms with van der Waals surface area (Å²) in [5.41, 5.74) is 0.447. The SMILES string of the molecule is CC(C)(C)OC(=O)N[C@H](CO)Cc1ccccc1Oc1ncccc1C=O. The van der Waals surface area contributed by atoms with Crippen LogP contribution in [0.5, 0.6) is 11.6 Å². The molecule has 0 unspecified atom stereocenters. The average Bonchev–Trinajstić information content (AvgIpc) is 2.61. The molecule has 1 aromatic heterocycles. The van der Waals surface area contributed by atoms with Gasteiger partial charge in [-0.1, -0.05) is 18.2 Å². The maximum Gasteiger partial charge on any atom is 0.407 e. The van der Waals surface area contributed by atoms with Crippen LogP contribution in [0.2, 0.25) is 0 Å². The third-order valence-corrected chi connectivity index (χ3v) is 3.51. The second-order valence-corrected chi connectivity index (χ2v) is 6.96. The third-order valence-electron chi connectivity index (χ3n) is 3.51. The lowest BCUT2D eigenvalue weighted by Crippen LogP contribution is -2.42. The molecule has 0 bridgehead atoms. The summed E-state index contributed by atoms with van der Waals surface area (Å²) in [6.07, 6.45) is 1.92. The van der Waals surface area contributed by atoms with E-state index >= 15 is 0 Å². The van der Waals surface area contributed by atoms with Crippen LogP contribution in [0.3, 0.4) is 0 Å². The number of benzene rings is 1. The Balaban J connectivity index is 2.14. The molecule has 144 valence electrons. The number of pyridine rings is 1. The van der Waals surface area contributed by atoms with Gasteiger partial charge in [0.2, 0.25) is 5.88 Å². The Bertz CT molecular complexity index is 786. The smallest absolute Gasteiger partial charge is 0.407 e. The molecule has 0 saturated carbocycles. The summed E-state index contributed by atoms with van der Waals surface area (Å²) in [6, 6.07) is 9.87. The van der Waals surface area contributed by atoms with Crippen LogP contribution in [0.15, 0.2) is 42.6 Å². The van der Waals surface area contributed by atoms with Crippen molar-refractivity contribution in [3.63, 3.8) is 0 Å². The summed E-state index contributed by atoms with van der Waals surface area (Å²) in [5.74, 6) is 0.685. The average molecular weight is 372 g/mol. The van der Waals surface area contributed by atoms with Crippen molar-refractivity contribution < 1.29 is 24.2 Å². The number of hydrogen-bond acceptors (Lipinski definition) is 6. The highest BCUT2D eigenvalue weighted by Crippen LogP contribution is 2.26. The first-order valence-corrected chi connectivity index (χ1v) is 8.58. The zero-order chi connectivity index (χ0) is 19.9. The molecule has 0 fully saturated rings. The van der Waals surface area contributed by atoms with E-state index in [0.29, 0.717) is 24.0 Å². The van der Waals surface area contributed by atoms with Crippen LogP contribution < -0.4 is 10.1 Å². The van der Waals surface area contributed by atoms with Crippen LogP contribution in [0.1, 0.15) is 36.7 Å². The van der Waals surface area contributed by atoms with Gasteiger partial charge in [-0.25, -0.2) is 9.78 Å². The van der Waals surface area contributed by atoms with Gasteiger partial charge in [-0.3, -0.25) is 4.79 Å². The van der Waals surface area contributed by atoms with Crippen LogP contribution >= 0.6 is 0 Å². The minimum atomic E-state index is -0.630. The second-order valence-electron chi connectivity index (χ2n) is 6.96. The zero-order valence-electron chi connectivity index (χ0n) is 15.6. The highest BCUT2D eigenvalue weighted by Gasteiger charge is 2.20. The number of carbonyl (C=O) groups excluding carboxylic acids is 2. The molecule has 1 heterocycles. The molecule has 0 saturated heterocycles. The van der Waals surface area contributed by atoms with Gasteiger partial charge in [0, 0.05) is 6.20 Å². The Kier molecular flexibility index (Phi) is 6.90. The highest BCUT2D eigenvalue weighted by molar-refractivity contribution is 5.78. The van der Waals surface area contributed by atoms with E-state index in [4.69, 9.17) is 9.47 Å². The monoisotopic (exact) mass is 372 g/mol. The molecule has 1 atom stereocenters. The molecule has 0 spiro atoms. The van der Waals surface area contributed by atoms with E-state index in [2.05, 4.69) is 10.3 Å². The molecule has 1 amide bonds. The molecular weight excluding hydrogens is 348 g/mol. The van der Waals surface area contributed by atoms with Crippen molar-refractivity contribution in [3.8, 4) is 11.6 Å². The van der Waals surface area contributed by atoms with E-state index in [1.54, 1.807) is 45.0 Å². The summed E-state index contributed by atoms with van der Waals surface area (Å²) in [6.45, 7) is 5.03. The van der Waals surface area contributed by atoms with Crippen molar-refractivity contribution in [1.82, 2.24) is 10.3 Å². The molecule has 0 aliphatic rings. The minimum Gasteiger partial charge on any atom is -0.444 e. The lowest BCUT2D eigenvalue weighted by atomic mass is 10.1. The third kappa shape index (κ3) is 6.38. The molecule has 7 nitrogen and oxygen atoms in total. The summed E-state index contributed by atoms with van der Waals surface area (Å²) < 4.78 is 11.0. The van der Waals surface area contributed by atoms with E-state index in [1.807, 2.05) is 12.1 Å². The first-order chi connectivity index (χ1) is 12.8. The fourth-order valence-corrected chi connectivity index (χ4v) is 2.36. The summed E-state index contributed by atoms with van der Waals surface area (Å²) in [7, 11) is 0. The topological polar surface area (TPSA) is 97.8 Å². The number of nitrogens with one attached hydrogen (secondary N) is 1. The number of carbonyl (C=O) groups is 2. The van der Waals surface area contributed by atoms with Gasteiger partial charge in [0.25, 0.3) is 0 Å². The predicted molar refractivity (Wildman–Crippen MR) is 100 cm³/mol. The molecule has 1 aromatic carbocycles. The van der Waals surface area contributed by atoms with Gasteiger partial charge in [0.05, 0.1) is 18.2 Å². The van der Waals surface area contributed by atoms with Crippen molar-refractivity contribution in [3.05, 3.63) is 53.7 Å². The van der Waals surface area contributed by atoms with E-state index < -0.39 is 17.7 Å². The quantitative estimate of drug-likeness (QED) is 0.725. The number of aliphatic hydroxyl groups excluding tert-OH is 1. The van der Waals surface area contributed by atoms with E-state index in [0.717, 1.165) is 5.56 Å². The maximum absolute atomic E-state index is 12.0. The summed E-state index contributed by atoms with van der Waals surface area (Å²) >= 11 is 0. The summed E-state index contributed by atoms with van der Waals surface area (Å²) in [4.78, 5) is 27.2. The van der Waals surface area contributed by atoms with Crippen LogP contribution in [0.25, 0.3) is 0 Å². The second kappa shape index (κ2) is 9.14. The van der Waals surface area contributed by atoms with Crippen LogP contribution in [0.4, 0.5) is 4.79 Å². The van der Waals surface area contributed by atoms with E-state index in [1.165, 1.54) is 6.20 Å². The van der Waals surface area contributed by atoms with Crippen LogP contribution in [-0.2, 0) is 11.2 Å². The Morgan fingerprint density at radius 1 is 1.26 bits per heavy atom. The van der Waals surface area contributed by atoms with Crippen LogP contribution in [0, 0.1) is 0 Å². The van der Waals surface area contributed by atoms with Gasteiger partial charge < -0.3 is 19.9 Å². The Labute approximate surface area is 158 Å². The fourth-order valence-electron chi connectivity index (χ4n) is 2.36. The number of amides is 1. The van der Waals surface area contributed by atoms with Crippen molar-refractivity contribution in [2.24, 2.45) is 0 Å². The Morgan fingerprint density at radius 3 is 2.67 bits per heavy atom. The predicted octanol–water partition coefficient (Wildman–Crippen LogP) is 3.11. The number of aldehydes is 1. The molecule has 2 rings (SSSR count). The molecule has 2 N–H and O–H groups in total. The molecule has 2 aromatic rings. The largest absolute Gasteiger partial charge is 0.444 e. The van der Waals surface area contributed by atoms with Crippen molar-refractivity contribution in [2.75, 3.05) is 6.61 Å². The highest BCUT2D eigenvalue weighted by atomic mass is 16.6. The van der Waals surface area contributed by atoms with Gasteiger partial charge in [-0.2, -0.15) is 0 Å². The number of aromatic nitrogens is 1. The number of para-hydroxylation sites is 1. The number of hydrogen-bond donors (Lipinski definition) is 2. The number of alkyl carbamates (subject to hydrolysis) is 1. The van der Waals surface area contributed by atoms with Gasteiger partial charge in [-0.05, 0) is 51.0 Å². The number of ether oxygens (including phenoxy) is 2. The van der Waals surface area contributed by atoms with Gasteiger partial charge >= 0.3 is 6.09 Å². The molecule has 7 heteroatoms. The fraction of sp³-hybridized carbons (Fsp3) is 0.350. The maximum atomic E-state index is 12.0. The van der Waals surface area contributed by atoms with Crippen LogP contribution in [-0.4, -0.2) is 40.7 Å². The zero-order valence-corrected chi connectivity index (χ0v) is 15.6. The molecule has 27 heavy (non-hydrogen) atoms. The lowest BCUT2D eigenvalue weighted by Gasteiger charge is -2.23. The minimum absolute atomic E-state index is 0.195. The first kappa shape index (κ1) is 20.4. The molecule has 0 aliphatic carbocycles. The van der Waals surface area contributed by atoms with Gasteiger partial charge in [-0.15, -0.1) is 0 Å². The van der Waals surface area contributed by atoms with E-state index in [-0.39, 0.29) is 12.5 Å². The van der Waals surface area contributed by atoms with E-state index in [9.17, 15) is 14.7 Å². The molecule has 0 aliphatic heterocycles. The normalized spacial score (nSPS) is 12.1. The Morgan fingerprint density at radius 2 is 2.00 bits per heavy atom. The summed E-state index contributed by atoms with van der Waals surface area (Å²) in [5, 5.41) is 12.3. The lowest BCUT2D eigenvalue weighted by molar-refractivity contribution is 0.0482. The van der Waals surface area contributed by atoms with Crippen molar-refractivity contribution in [1.29, 1.82) is 0 Å².